The van der Waals surface area contributed by atoms with Crippen LogP contribution in [0.4, 0.5) is 0 Å². The highest BCUT2D eigenvalue weighted by Crippen LogP contribution is 2.17. The molecule has 27 heavy (non-hydrogen) atoms. The Hall–Kier alpha value is -3.68. The molecule has 2 aromatic carbocycles. The van der Waals surface area contributed by atoms with Crippen LogP contribution in [-0.2, 0) is 4.79 Å². The summed E-state index contributed by atoms with van der Waals surface area (Å²) in [6.45, 7) is 3.69. The van der Waals surface area contributed by atoms with Crippen molar-refractivity contribution in [3.8, 4) is 17.2 Å². The quantitative estimate of drug-likeness (QED) is 0.671. The second-order valence-electron chi connectivity index (χ2n) is 5.94. The van der Waals surface area contributed by atoms with Crippen molar-refractivity contribution in [3.05, 3.63) is 65.5 Å². The Morgan fingerprint density at radius 3 is 2.37 bits per heavy atom. The van der Waals surface area contributed by atoms with E-state index in [-0.39, 0.29) is 6.61 Å². The van der Waals surface area contributed by atoms with E-state index in [9.17, 15) is 9.59 Å². The van der Waals surface area contributed by atoms with Gasteiger partial charge in [0.15, 0.2) is 6.61 Å². The number of carbonyl (C=O) groups is 2. The van der Waals surface area contributed by atoms with Gasteiger partial charge in [-0.25, -0.2) is 0 Å². The Morgan fingerprint density at radius 2 is 1.74 bits per heavy atom. The maximum absolute atomic E-state index is 12.1. The third kappa shape index (κ3) is 4.91. The molecule has 0 radical (unpaired) electrons. The molecular formula is C19H18N4O4. The second kappa shape index (κ2) is 8.13. The molecule has 0 spiro atoms. The van der Waals surface area contributed by atoms with Crippen molar-refractivity contribution in [2.24, 2.45) is 0 Å². The highest BCUT2D eigenvalue weighted by Gasteiger charge is 2.10. The summed E-state index contributed by atoms with van der Waals surface area (Å²) in [5.74, 6) is 0.0428. The molecule has 0 saturated carbocycles. The normalized spacial score (nSPS) is 10.3. The number of hydrazine groups is 1. The van der Waals surface area contributed by atoms with Gasteiger partial charge in [-0.3, -0.25) is 20.4 Å². The zero-order valence-electron chi connectivity index (χ0n) is 14.9. The number of ether oxygens (including phenoxy) is 1. The number of benzene rings is 2. The molecular weight excluding hydrogens is 348 g/mol. The van der Waals surface area contributed by atoms with Crippen LogP contribution in [0.15, 0.2) is 53.3 Å². The largest absolute Gasteiger partial charge is 0.484 e. The van der Waals surface area contributed by atoms with E-state index in [1.807, 2.05) is 32.0 Å². The van der Waals surface area contributed by atoms with Crippen molar-refractivity contribution in [1.82, 2.24) is 21.0 Å². The summed E-state index contributed by atoms with van der Waals surface area (Å²) in [5.41, 5.74) is 7.81. The van der Waals surface area contributed by atoms with Gasteiger partial charge in [0.1, 0.15) is 5.75 Å². The Kier molecular flexibility index (Phi) is 5.46. The monoisotopic (exact) mass is 366 g/mol. The fraction of sp³-hybridized carbons (Fsp3) is 0.158. The fourth-order valence-corrected chi connectivity index (χ4v) is 2.46. The number of hydrogen-bond acceptors (Lipinski definition) is 6. The van der Waals surface area contributed by atoms with Gasteiger partial charge < -0.3 is 9.15 Å². The Balaban J connectivity index is 1.49. The molecule has 3 rings (SSSR count). The Bertz CT molecular complexity index is 917. The van der Waals surface area contributed by atoms with Gasteiger partial charge >= 0.3 is 0 Å². The first-order valence-electron chi connectivity index (χ1n) is 8.18. The number of aromatic nitrogens is 2. The van der Waals surface area contributed by atoms with Crippen LogP contribution in [0.25, 0.3) is 11.5 Å². The first-order chi connectivity index (χ1) is 13.0. The Morgan fingerprint density at radius 1 is 1.04 bits per heavy atom. The lowest BCUT2D eigenvalue weighted by molar-refractivity contribution is -0.123. The molecule has 0 aliphatic carbocycles. The lowest BCUT2D eigenvalue weighted by Gasteiger charge is -2.10. The second-order valence-corrected chi connectivity index (χ2v) is 5.94. The number of nitrogens with one attached hydrogen (secondary N) is 2. The standard InChI is InChI=1S/C19H18N4O4/c1-12-7-13(2)9-16(8-12)26-10-17(24)21-22-18(25)14-3-5-15(6-4-14)19-23-20-11-27-19/h3-9,11H,10H2,1-2H3,(H,21,24)(H,22,25). The smallest absolute Gasteiger partial charge is 0.276 e. The summed E-state index contributed by atoms with van der Waals surface area (Å²) >= 11 is 0. The number of carbonyl (C=O) groups excluding carboxylic acids is 2. The number of hydrogen-bond donors (Lipinski definition) is 2. The first-order valence-corrected chi connectivity index (χ1v) is 8.18. The zero-order chi connectivity index (χ0) is 19.2. The van der Waals surface area contributed by atoms with Gasteiger partial charge in [-0.1, -0.05) is 6.07 Å². The number of aryl methyl sites for hydroxylation is 2. The minimum absolute atomic E-state index is 0.209. The van der Waals surface area contributed by atoms with Crippen LogP contribution in [0, 0.1) is 13.8 Å². The third-order valence-corrected chi connectivity index (χ3v) is 3.63. The van der Waals surface area contributed by atoms with E-state index in [0.717, 1.165) is 11.1 Å². The van der Waals surface area contributed by atoms with E-state index in [2.05, 4.69) is 21.0 Å². The summed E-state index contributed by atoms with van der Waals surface area (Å²) in [6.07, 6.45) is 1.23. The van der Waals surface area contributed by atoms with Gasteiger partial charge in [-0.2, -0.15) is 0 Å². The van der Waals surface area contributed by atoms with Crippen molar-refractivity contribution in [3.63, 3.8) is 0 Å². The van der Waals surface area contributed by atoms with Gasteiger partial charge in [-0.05, 0) is 61.4 Å². The molecule has 8 heteroatoms. The molecule has 2 amide bonds. The summed E-state index contributed by atoms with van der Waals surface area (Å²) in [6, 6.07) is 12.2. The highest BCUT2D eigenvalue weighted by molar-refractivity contribution is 5.95. The summed E-state index contributed by atoms with van der Waals surface area (Å²) in [7, 11) is 0. The molecule has 0 aliphatic rings. The molecule has 0 bridgehead atoms. The molecule has 0 saturated heterocycles. The van der Waals surface area contributed by atoms with Crippen LogP contribution in [0.5, 0.6) is 5.75 Å². The van der Waals surface area contributed by atoms with E-state index in [0.29, 0.717) is 22.8 Å². The van der Waals surface area contributed by atoms with Gasteiger partial charge in [0, 0.05) is 11.1 Å². The number of rotatable bonds is 5. The molecule has 1 aromatic heterocycles. The van der Waals surface area contributed by atoms with Crippen LogP contribution in [0.2, 0.25) is 0 Å². The summed E-state index contributed by atoms with van der Waals surface area (Å²) in [4.78, 5) is 23.9. The van der Waals surface area contributed by atoms with Crippen LogP contribution in [0.1, 0.15) is 21.5 Å². The van der Waals surface area contributed by atoms with Crippen LogP contribution in [-0.4, -0.2) is 28.6 Å². The molecule has 1 heterocycles. The van der Waals surface area contributed by atoms with E-state index in [1.54, 1.807) is 24.3 Å². The highest BCUT2D eigenvalue weighted by atomic mass is 16.5. The predicted octanol–water partition coefficient (Wildman–Crippen LogP) is 2.19. The minimum atomic E-state index is -0.468. The zero-order valence-corrected chi connectivity index (χ0v) is 14.9. The molecule has 0 aliphatic heterocycles. The molecule has 0 atom stereocenters. The van der Waals surface area contributed by atoms with E-state index < -0.39 is 11.8 Å². The van der Waals surface area contributed by atoms with Crippen molar-refractivity contribution in [1.29, 1.82) is 0 Å². The molecule has 2 N–H and O–H groups in total. The lowest BCUT2D eigenvalue weighted by Crippen LogP contribution is -2.43. The molecule has 3 aromatic rings. The molecule has 8 nitrogen and oxygen atoms in total. The van der Waals surface area contributed by atoms with Gasteiger partial charge in [0.2, 0.25) is 12.3 Å². The van der Waals surface area contributed by atoms with E-state index >= 15 is 0 Å². The molecule has 138 valence electrons. The minimum Gasteiger partial charge on any atom is -0.484 e. The SMILES string of the molecule is Cc1cc(C)cc(OCC(=O)NNC(=O)c2ccc(-c3nnco3)cc2)c1. The van der Waals surface area contributed by atoms with E-state index in [4.69, 9.17) is 9.15 Å². The van der Waals surface area contributed by atoms with Crippen molar-refractivity contribution in [2.75, 3.05) is 6.61 Å². The average molecular weight is 366 g/mol. The van der Waals surface area contributed by atoms with Gasteiger partial charge in [-0.15, -0.1) is 10.2 Å². The maximum atomic E-state index is 12.1. The Labute approximate surface area is 155 Å². The van der Waals surface area contributed by atoms with Crippen LogP contribution in [0.3, 0.4) is 0 Å². The number of nitrogens with zero attached hydrogens (tertiary/aromatic N) is 2. The fourth-order valence-electron chi connectivity index (χ4n) is 2.46. The lowest BCUT2D eigenvalue weighted by atomic mass is 10.1. The van der Waals surface area contributed by atoms with Crippen molar-refractivity contribution >= 4 is 11.8 Å². The molecule has 0 fully saturated rings. The van der Waals surface area contributed by atoms with Crippen LogP contribution < -0.4 is 15.6 Å². The summed E-state index contributed by atoms with van der Waals surface area (Å²) in [5, 5.41) is 7.39. The number of amides is 2. The van der Waals surface area contributed by atoms with Crippen molar-refractivity contribution < 1.29 is 18.7 Å². The third-order valence-electron chi connectivity index (χ3n) is 3.63. The van der Waals surface area contributed by atoms with Gasteiger partial charge in [0.25, 0.3) is 11.8 Å². The predicted molar refractivity (Wildman–Crippen MR) is 96.8 cm³/mol. The average Bonchev–Trinajstić information content (AvgIpc) is 3.18. The topological polar surface area (TPSA) is 106 Å². The van der Waals surface area contributed by atoms with Gasteiger partial charge in [0.05, 0.1) is 0 Å². The maximum Gasteiger partial charge on any atom is 0.276 e. The van der Waals surface area contributed by atoms with Crippen molar-refractivity contribution in [2.45, 2.75) is 13.8 Å². The summed E-state index contributed by atoms with van der Waals surface area (Å²) < 4.78 is 10.5. The molecule has 0 unspecified atom stereocenters. The van der Waals surface area contributed by atoms with Crippen LogP contribution >= 0.6 is 0 Å². The first kappa shape index (κ1) is 18.1. The van der Waals surface area contributed by atoms with E-state index in [1.165, 1.54) is 6.39 Å².